The standard InChI is InChI=1S/C23H24N2O5S2/c1-16-21(10-7-11-22(16)25-32(29,30)20-8-5-4-6-9-20)23(26)24-17(2)18-12-14-19(15-13-18)31(3,27)28/h4-15,17,25H,1-3H3,(H,24,26)/t17-/m1/s1. The summed E-state index contributed by atoms with van der Waals surface area (Å²) < 4.78 is 51.1. The minimum absolute atomic E-state index is 0.125. The smallest absolute Gasteiger partial charge is 0.261 e. The molecule has 3 aromatic rings. The van der Waals surface area contributed by atoms with Crippen molar-refractivity contribution in [1.82, 2.24) is 5.32 Å². The van der Waals surface area contributed by atoms with Crippen LogP contribution >= 0.6 is 0 Å². The average molecular weight is 473 g/mol. The van der Waals surface area contributed by atoms with Crippen LogP contribution in [0.3, 0.4) is 0 Å². The molecule has 3 aromatic carbocycles. The maximum atomic E-state index is 12.9. The Hall–Kier alpha value is -3.17. The van der Waals surface area contributed by atoms with Crippen LogP contribution in [-0.2, 0) is 19.9 Å². The Labute approximate surface area is 188 Å². The van der Waals surface area contributed by atoms with Crippen molar-refractivity contribution in [3.8, 4) is 0 Å². The Morgan fingerprint density at radius 1 is 0.812 bits per heavy atom. The molecule has 0 aliphatic carbocycles. The molecule has 0 saturated carbocycles. The summed E-state index contributed by atoms with van der Waals surface area (Å²) in [6.45, 7) is 3.45. The number of anilines is 1. The number of sulfone groups is 1. The van der Waals surface area contributed by atoms with Crippen LogP contribution in [0.5, 0.6) is 0 Å². The molecule has 0 saturated heterocycles. The van der Waals surface area contributed by atoms with Gasteiger partial charge < -0.3 is 5.32 Å². The van der Waals surface area contributed by atoms with Crippen LogP contribution in [0.2, 0.25) is 0 Å². The fourth-order valence-electron chi connectivity index (χ4n) is 3.16. The largest absolute Gasteiger partial charge is 0.346 e. The summed E-state index contributed by atoms with van der Waals surface area (Å²) in [7, 11) is -7.09. The van der Waals surface area contributed by atoms with Gasteiger partial charge in [0.25, 0.3) is 15.9 Å². The highest BCUT2D eigenvalue weighted by molar-refractivity contribution is 7.92. The summed E-state index contributed by atoms with van der Waals surface area (Å²) in [5.74, 6) is -0.372. The molecule has 7 nitrogen and oxygen atoms in total. The minimum atomic E-state index is -3.79. The van der Waals surface area contributed by atoms with E-state index < -0.39 is 19.9 Å². The van der Waals surface area contributed by atoms with Gasteiger partial charge in [-0.25, -0.2) is 16.8 Å². The van der Waals surface area contributed by atoms with E-state index in [-0.39, 0.29) is 21.7 Å². The third-order valence-electron chi connectivity index (χ3n) is 5.03. The van der Waals surface area contributed by atoms with Crippen molar-refractivity contribution in [3.05, 3.63) is 89.5 Å². The van der Waals surface area contributed by atoms with Gasteiger partial charge in [0.1, 0.15) is 0 Å². The van der Waals surface area contributed by atoms with E-state index in [0.29, 0.717) is 16.8 Å². The SMILES string of the molecule is Cc1c(NS(=O)(=O)c2ccccc2)cccc1C(=O)N[C@H](C)c1ccc(S(C)(=O)=O)cc1. The lowest BCUT2D eigenvalue weighted by Gasteiger charge is -2.17. The number of hydrogen-bond donors (Lipinski definition) is 2. The zero-order chi connectivity index (χ0) is 23.5. The van der Waals surface area contributed by atoms with Gasteiger partial charge in [-0.15, -0.1) is 0 Å². The Morgan fingerprint density at radius 2 is 1.44 bits per heavy atom. The van der Waals surface area contributed by atoms with Gasteiger partial charge in [-0.1, -0.05) is 36.4 Å². The van der Waals surface area contributed by atoms with Crippen molar-refractivity contribution in [1.29, 1.82) is 0 Å². The first kappa shape index (κ1) is 23.5. The molecule has 32 heavy (non-hydrogen) atoms. The van der Waals surface area contributed by atoms with Crippen molar-refractivity contribution in [2.45, 2.75) is 29.7 Å². The summed E-state index contributed by atoms with van der Waals surface area (Å²) in [6, 6.07) is 18.7. The van der Waals surface area contributed by atoms with Crippen molar-refractivity contribution < 1.29 is 21.6 Å². The number of carbonyl (C=O) groups excluding carboxylic acids is 1. The molecule has 2 N–H and O–H groups in total. The van der Waals surface area contributed by atoms with Gasteiger partial charge >= 0.3 is 0 Å². The van der Waals surface area contributed by atoms with Gasteiger partial charge in [0.05, 0.1) is 21.5 Å². The third kappa shape index (κ3) is 5.35. The summed E-state index contributed by atoms with van der Waals surface area (Å²) in [5, 5.41) is 2.87. The molecule has 0 aromatic heterocycles. The van der Waals surface area contributed by atoms with Gasteiger partial charge in [0.2, 0.25) is 0 Å². The van der Waals surface area contributed by atoms with Crippen molar-refractivity contribution in [2.24, 2.45) is 0 Å². The predicted octanol–water partition coefficient (Wildman–Crippen LogP) is 3.69. The number of sulfonamides is 1. The molecule has 9 heteroatoms. The van der Waals surface area contributed by atoms with E-state index in [2.05, 4.69) is 10.0 Å². The van der Waals surface area contributed by atoms with Gasteiger partial charge in [-0.3, -0.25) is 9.52 Å². The Bertz CT molecular complexity index is 1330. The van der Waals surface area contributed by atoms with Crippen molar-refractivity contribution in [2.75, 3.05) is 11.0 Å². The molecular formula is C23H24N2O5S2. The van der Waals surface area contributed by atoms with Crippen LogP contribution in [0.15, 0.2) is 82.6 Å². The fourth-order valence-corrected chi connectivity index (χ4v) is 4.93. The molecule has 0 heterocycles. The van der Waals surface area contributed by atoms with Crippen LogP contribution in [0.1, 0.15) is 34.5 Å². The Kier molecular flexibility index (Phi) is 6.71. The normalized spacial score (nSPS) is 12.7. The van der Waals surface area contributed by atoms with Crippen LogP contribution in [0, 0.1) is 6.92 Å². The lowest BCUT2D eigenvalue weighted by molar-refractivity contribution is 0.0939. The molecule has 0 aliphatic rings. The number of rotatable bonds is 7. The van der Waals surface area contributed by atoms with Gasteiger partial charge in [-0.2, -0.15) is 0 Å². The molecule has 0 aliphatic heterocycles. The highest BCUT2D eigenvalue weighted by atomic mass is 32.2. The first-order valence-corrected chi connectivity index (χ1v) is 13.1. The quantitative estimate of drug-likeness (QED) is 0.545. The third-order valence-corrected chi connectivity index (χ3v) is 7.54. The number of amides is 1. The van der Waals surface area contributed by atoms with E-state index in [0.717, 1.165) is 11.8 Å². The molecule has 1 atom stereocenters. The molecule has 3 rings (SSSR count). The molecule has 168 valence electrons. The minimum Gasteiger partial charge on any atom is -0.346 e. The molecule has 1 amide bonds. The van der Waals surface area contributed by atoms with Crippen LogP contribution in [-0.4, -0.2) is 29.0 Å². The van der Waals surface area contributed by atoms with Gasteiger partial charge in [0.15, 0.2) is 9.84 Å². The second kappa shape index (κ2) is 9.13. The summed E-state index contributed by atoms with van der Waals surface area (Å²) in [5.41, 5.74) is 1.87. The van der Waals surface area contributed by atoms with Gasteiger partial charge in [-0.05, 0) is 61.4 Å². The van der Waals surface area contributed by atoms with Crippen molar-refractivity contribution >= 4 is 31.5 Å². The molecule has 0 spiro atoms. The number of nitrogens with one attached hydrogen (secondary N) is 2. The zero-order valence-electron chi connectivity index (χ0n) is 17.9. The fraction of sp³-hybridized carbons (Fsp3) is 0.174. The molecule has 0 bridgehead atoms. The highest BCUT2D eigenvalue weighted by Crippen LogP contribution is 2.24. The summed E-state index contributed by atoms with van der Waals surface area (Å²) in [4.78, 5) is 13.2. The van der Waals surface area contributed by atoms with E-state index in [1.165, 1.54) is 24.3 Å². The maximum Gasteiger partial charge on any atom is 0.261 e. The van der Waals surface area contributed by atoms with Crippen LogP contribution in [0.25, 0.3) is 0 Å². The van der Waals surface area contributed by atoms with E-state index in [1.807, 2.05) is 0 Å². The Balaban J connectivity index is 1.79. The van der Waals surface area contributed by atoms with Crippen molar-refractivity contribution in [3.63, 3.8) is 0 Å². The van der Waals surface area contributed by atoms with Crippen LogP contribution in [0.4, 0.5) is 5.69 Å². The molecule has 0 radical (unpaired) electrons. The van der Waals surface area contributed by atoms with E-state index in [1.54, 1.807) is 62.4 Å². The average Bonchev–Trinajstić information content (AvgIpc) is 2.75. The Morgan fingerprint density at radius 3 is 2.03 bits per heavy atom. The second-order valence-corrected chi connectivity index (χ2v) is 11.1. The first-order valence-electron chi connectivity index (χ1n) is 9.77. The summed E-state index contributed by atoms with van der Waals surface area (Å²) >= 11 is 0. The van der Waals surface area contributed by atoms with E-state index >= 15 is 0 Å². The lowest BCUT2D eigenvalue weighted by atomic mass is 10.0. The highest BCUT2D eigenvalue weighted by Gasteiger charge is 2.19. The van der Waals surface area contributed by atoms with Crippen LogP contribution < -0.4 is 10.0 Å². The van der Waals surface area contributed by atoms with E-state index in [9.17, 15) is 21.6 Å². The maximum absolute atomic E-state index is 12.9. The number of hydrogen-bond acceptors (Lipinski definition) is 5. The number of benzene rings is 3. The van der Waals surface area contributed by atoms with E-state index in [4.69, 9.17) is 0 Å². The van der Waals surface area contributed by atoms with Gasteiger partial charge in [0, 0.05) is 11.8 Å². The molecular weight excluding hydrogens is 448 g/mol. The zero-order valence-corrected chi connectivity index (χ0v) is 19.5. The summed E-state index contributed by atoms with van der Waals surface area (Å²) in [6.07, 6.45) is 1.13. The monoisotopic (exact) mass is 472 g/mol. The molecule has 0 unspecified atom stereocenters. The number of carbonyl (C=O) groups is 1. The molecule has 0 fully saturated rings. The lowest BCUT2D eigenvalue weighted by Crippen LogP contribution is -2.27. The predicted molar refractivity (Wildman–Crippen MR) is 124 cm³/mol. The first-order chi connectivity index (χ1) is 15.0. The second-order valence-electron chi connectivity index (χ2n) is 7.43. The topological polar surface area (TPSA) is 109 Å².